The van der Waals surface area contributed by atoms with Crippen molar-refractivity contribution in [2.24, 2.45) is 11.1 Å². The quantitative estimate of drug-likeness (QED) is 0.299. The van der Waals surface area contributed by atoms with Crippen LogP contribution < -0.4 is 15.8 Å². The number of ether oxygens (including phenoxy) is 3. The summed E-state index contributed by atoms with van der Waals surface area (Å²) in [5, 5.41) is 14.2. The van der Waals surface area contributed by atoms with Gasteiger partial charge < -0.3 is 30.4 Å². The number of amides is 2. The topological polar surface area (TPSA) is 157 Å². The second-order valence-electron chi connectivity index (χ2n) is 11.6. The van der Waals surface area contributed by atoms with Crippen molar-refractivity contribution in [3.05, 3.63) is 60.2 Å². The number of rotatable bonds is 14. The Morgan fingerprint density at radius 2 is 1.63 bits per heavy atom. The van der Waals surface area contributed by atoms with Crippen LogP contribution in [0.5, 0.6) is 5.75 Å². The van der Waals surface area contributed by atoms with Crippen LogP contribution in [-0.4, -0.2) is 74.6 Å². The zero-order chi connectivity index (χ0) is 30.8. The standard InChI is InChI=1S/C29H43N3O8S/c1-28(2,3)40-27(35)31-24(18-21-10-8-7-9-11-21)25(33)19-32(20-29(4,5)16-17-39-26(30)34)41(36,37)23-14-12-22(38-6)13-15-23/h7-15,24-25,33H,16-20H2,1-6H3,(H2,30,34)(H,31,35)/t24-,25?/m0/s1. The molecule has 0 aliphatic carbocycles. The SMILES string of the molecule is COc1ccc(S(=O)(=O)N(CC(O)[C@H](Cc2ccccc2)NC(=O)OC(C)(C)C)CC(C)(C)CCOC(N)=O)cc1. The summed E-state index contributed by atoms with van der Waals surface area (Å²) in [5.74, 6) is 0.490. The maximum absolute atomic E-state index is 13.9. The summed E-state index contributed by atoms with van der Waals surface area (Å²) in [7, 11) is -2.64. The van der Waals surface area contributed by atoms with Gasteiger partial charge in [0.1, 0.15) is 11.4 Å². The third kappa shape index (κ3) is 11.6. The minimum atomic E-state index is -4.12. The first kappa shape index (κ1) is 33.9. The number of methoxy groups -OCH3 is 1. The first-order valence-corrected chi connectivity index (χ1v) is 14.7. The van der Waals surface area contributed by atoms with Gasteiger partial charge in [-0.25, -0.2) is 18.0 Å². The van der Waals surface area contributed by atoms with E-state index in [2.05, 4.69) is 5.32 Å². The highest BCUT2D eigenvalue weighted by molar-refractivity contribution is 7.89. The monoisotopic (exact) mass is 593 g/mol. The molecule has 2 aromatic rings. The molecule has 0 fully saturated rings. The van der Waals surface area contributed by atoms with Gasteiger partial charge in [-0.1, -0.05) is 44.2 Å². The van der Waals surface area contributed by atoms with E-state index in [4.69, 9.17) is 19.9 Å². The minimum Gasteiger partial charge on any atom is -0.497 e. The number of hydrogen-bond acceptors (Lipinski definition) is 8. The van der Waals surface area contributed by atoms with E-state index in [1.807, 2.05) is 44.2 Å². The average Bonchev–Trinajstić information content (AvgIpc) is 2.87. The Hall–Kier alpha value is -3.35. The highest BCUT2D eigenvalue weighted by Crippen LogP contribution is 2.28. The molecule has 228 valence electrons. The molecule has 0 bridgehead atoms. The number of nitrogens with zero attached hydrogens (tertiary/aromatic N) is 1. The van der Waals surface area contributed by atoms with Crippen LogP contribution >= 0.6 is 0 Å². The van der Waals surface area contributed by atoms with Gasteiger partial charge in [-0.05, 0) is 68.9 Å². The molecule has 1 unspecified atom stereocenters. The summed E-state index contributed by atoms with van der Waals surface area (Å²) in [6.07, 6.45) is -2.42. The second-order valence-corrected chi connectivity index (χ2v) is 13.5. The third-order valence-corrected chi connectivity index (χ3v) is 8.01. The van der Waals surface area contributed by atoms with Crippen molar-refractivity contribution in [3.63, 3.8) is 0 Å². The molecule has 2 amide bonds. The van der Waals surface area contributed by atoms with Crippen LogP contribution in [0.3, 0.4) is 0 Å². The fourth-order valence-corrected chi connectivity index (χ4v) is 5.72. The van der Waals surface area contributed by atoms with Crippen LogP contribution in [0, 0.1) is 5.41 Å². The summed E-state index contributed by atoms with van der Waals surface area (Å²) >= 11 is 0. The van der Waals surface area contributed by atoms with Crippen LogP contribution in [0.1, 0.15) is 46.6 Å². The fraction of sp³-hybridized carbons (Fsp3) is 0.517. The molecule has 0 aliphatic rings. The van der Waals surface area contributed by atoms with Crippen molar-refractivity contribution >= 4 is 22.2 Å². The first-order chi connectivity index (χ1) is 19.0. The summed E-state index contributed by atoms with van der Waals surface area (Å²) in [5.41, 5.74) is 4.46. The molecule has 0 aliphatic heterocycles. The van der Waals surface area contributed by atoms with Crippen molar-refractivity contribution in [2.45, 2.75) is 70.1 Å². The van der Waals surface area contributed by atoms with E-state index in [1.54, 1.807) is 20.8 Å². The highest BCUT2D eigenvalue weighted by Gasteiger charge is 2.35. The molecule has 4 N–H and O–H groups in total. The lowest BCUT2D eigenvalue weighted by atomic mass is 9.89. The number of aliphatic hydroxyl groups excluding tert-OH is 1. The predicted octanol–water partition coefficient (Wildman–Crippen LogP) is 3.69. The molecule has 41 heavy (non-hydrogen) atoms. The van der Waals surface area contributed by atoms with Gasteiger partial charge in [0.25, 0.3) is 0 Å². The molecule has 0 spiro atoms. The fourth-order valence-electron chi connectivity index (χ4n) is 4.07. The summed E-state index contributed by atoms with van der Waals surface area (Å²) in [4.78, 5) is 23.8. The molecule has 2 atom stereocenters. The average molecular weight is 594 g/mol. The van der Waals surface area contributed by atoms with E-state index < -0.39 is 45.4 Å². The van der Waals surface area contributed by atoms with Gasteiger partial charge in [0.15, 0.2) is 0 Å². The minimum absolute atomic E-state index is 0.00184. The predicted molar refractivity (Wildman–Crippen MR) is 155 cm³/mol. The number of nitrogens with one attached hydrogen (secondary N) is 1. The Kier molecular flexibility index (Phi) is 12.0. The molecule has 12 heteroatoms. The van der Waals surface area contributed by atoms with Crippen LogP contribution in [-0.2, 0) is 25.9 Å². The smallest absolute Gasteiger partial charge is 0.407 e. The van der Waals surface area contributed by atoms with Crippen LogP contribution in [0.25, 0.3) is 0 Å². The zero-order valence-electron chi connectivity index (χ0n) is 24.6. The number of hydrogen-bond donors (Lipinski definition) is 3. The lowest BCUT2D eigenvalue weighted by Gasteiger charge is -2.35. The molecule has 0 radical (unpaired) electrons. The lowest BCUT2D eigenvalue weighted by molar-refractivity contribution is 0.0388. The van der Waals surface area contributed by atoms with E-state index in [0.29, 0.717) is 12.2 Å². The number of aliphatic hydroxyl groups is 1. The maximum Gasteiger partial charge on any atom is 0.407 e. The summed E-state index contributed by atoms with van der Waals surface area (Å²) < 4.78 is 44.4. The maximum atomic E-state index is 13.9. The Labute approximate surface area is 243 Å². The van der Waals surface area contributed by atoms with Gasteiger partial charge in [0.05, 0.1) is 30.8 Å². The number of primary amides is 1. The van der Waals surface area contributed by atoms with E-state index in [9.17, 15) is 23.1 Å². The Morgan fingerprint density at radius 3 is 2.17 bits per heavy atom. The van der Waals surface area contributed by atoms with Gasteiger partial charge in [-0.2, -0.15) is 4.31 Å². The number of benzene rings is 2. The molecule has 2 aromatic carbocycles. The van der Waals surface area contributed by atoms with E-state index >= 15 is 0 Å². The molecular weight excluding hydrogens is 550 g/mol. The van der Waals surface area contributed by atoms with E-state index in [-0.39, 0.29) is 31.0 Å². The van der Waals surface area contributed by atoms with Gasteiger partial charge in [-0.15, -0.1) is 0 Å². The number of alkyl carbamates (subject to hydrolysis) is 1. The Bertz CT molecular complexity index is 1230. The lowest BCUT2D eigenvalue weighted by Crippen LogP contribution is -2.52. The largest absolute Gasteiger partial charge is 0.497 e. The van der Waals surface area contributed by atoms with Crippen LogP contribution in [0.15, 0.2) is 59.5 Å². The normalized spacial score (nSPS) is 13.8. The molecule has 0 aromatic heterocycles. The van der Waals surface area contributed by atoms with E-state index in [1.165, 1.54) is 35.7 Å². The number of carbonyl (C=O) groups is 2. The molecule has 0 heterocycles. The molecule has 0 saturated heterocycles. The molecular formula is C29H43N3O8S. The van der Waals surface area contributed by atoms with Crippen molar-refractivity contribution < 1.29 is 37.3 Å². The van der Waals surface area contributed by atoms with Gasteiger partial charge in [-0.3, -0.25) is 0 Å². The molecule has 11 nitrogen and oxygen atoms in total. The zero-order valence-corrected chi connectivity index (χ0v) is 25.4. The third-order valence-electron chi connectivity index (χ3n) is 6.18. The van der Waals surface area contributed by atoms with Crippen molar-refractivity contribution in [3.8, 4) is 5.75 Å². The first-order valence-electron chi connectivity index (χ1n) is 13.3. The van der Waals surface area contributed by atoms with Gasteiger partial charge in [0, 0.05) is 13.1 Å². The van der Waals surface area contributed by atoms with Gasteiger partial charge in [0.2, 0.25) is 10.0 Å². The van der Waals surface area contributed by atoms with Crippen molar-refractivity contribution in [2.75, 3.05) is 26.8 Å². The number of nitrogens with two attached hydrogens (primary N) is 1. The molecule has 2 rings (SSSR count). The number of carbonyl (C=O) groups excluding carboxylic acids is 2. The summed E-state index contributed by atoms with van der Waals surface area (Å²) in [6.45, 7) is 8.46. The summed E-state index contributed by atoms with van der Waals surface area (Å²) in [6, 6.07) is 14.3. The number of sulfonamides is 1. The van der Waals surface area contributed by atoms with Gasteiger partial charge >= 0.3 is 12.2 Å². The van der Waals surface area contributed by atoms with Crippen molar-refractivity contribution in [1.29, 1.82) is 0 Å². The highest BCUT2D eigenvalue weighted by atomic mass is 32.2. The van der Waals surface area contributed by atoms with Crippen LogP contribution in [0.2, 0.25) is 0 Å². The Morgan fingerprint density at radius 1 is 1.02 bits per heavy atom. The van der Waals surface area contributed by atoms with Crippen LogP contribution in [0.4, 0.5) is 9.59 Å². The Balaban J connectivity index is 2.40. The second kappa shape index (κ2) is 14.5. The van der Waals surface area contributed by atoms with E-state index in [0.717, 1.165) is 5.56 Å². The molecule has 0 saturated carbocycles. The van der Waals surface area contributed by atoms with Crippen molar-refractivity contribution in [1.82, 2.24) is 9.62 Å².